The Morgan fingerprint density at radius 1 is 1.38 bits per heavy atom. The van der Waals surface area contributed by atoms with Gasteiger partial charge in [0.05, 0.1) is 10.5 Å². The van der Waals surface area contributed by atoms with E-state index < -0.39 is 0 Å². The standard InChI is InChI=1S/C15H23N3O3/c1-4-16-12-7-13(9-14(8-12)18(19)20)17-11-5-6-21-15(2,3)10-11/h7-9,11,16-17H,4-6,10H2,1-3H3. The minimum atomic E-state index is -0.361. The second-order valence-corrected chi connectivity index (χ2v) is 6.00. The molecule has 1 heterocycles. The van der Waals surface area contributed by atoms with Gasteiger partial charge in [-0.3, -0.25) is 10.1 Å². The lowest BCUT2D eigenvalue weighted by Crippen LogP contribution is -2.40. The Morgan fingerprint density at radius 2 is 2.10 bits per heavy atom. The Labute approximate surface area is 125 Å². The summed E-state index contributed by atoms with van der Waals surface area (Å²) in [5.41, 5.74) is 1.49. The van der Waals surface area contributed by atoms with E-state index in [1.54, 1.807) is 12.1 Å². The SMILES string of the molecule is CCNc1cc(NC2CCOC(C)(C)C2)cc([N+](=O)[O-])c1. The summed E-state index contributed by atoms with van der Waals surface area (Å²) in [5.74, 6) is 0. The molecule has 0 amide bonds. The van der Waals surface area contributed by atoms with Crippen molar-refractivity contribution < 1.29 is 9.66 Å². The molecule has 1 fully saturated rings. The number of non-ortho nitro benzene ring substituents is 1. The summed E-state index contributed by atoms with van der Waals surface area (Å²) in [4.78, 5) is 10.7. The van der Waals surface area contributed by atoms with Gasteiger partial charge in [0.25, 0.3) is 5.69 Å². The number of nitrogens with one attached hydrogen (secondary N) is 2. The summed E-state index contributed by atoms with van der Waals surface area (Å²) in [6.07, 6.45) is 1.79. The summed E-state index contributed by atoms with van der Waals surface area (Å²) in [6, 6.07) is 5.33. The van der Waals surface area contributed by atoms with Gasteiger partial charge in [-0.1, -0.05) is 0 Å². The monoisotopic (exact) mass is 293 g/mol. The maximum absolute atomic E-state index is 11.0. The molecule has 1 unspecified atom stereocenters. The minimum absolute atomic E-state index is 0.0993. The fraction of sp³-hybridized carbons (Fsp3) is 0.600. The molecule has 6 heteroatoms. The normalized spacial score (nSPS) is 20.8. The first-order chi connectivity index (χ1) is 9.89. The third kappa shape index (κ3) is 4.32. The maximum Gasteiger partial charge on any atom is 0.273 e. The molecule has 1 aliphatic heterocycles. The fourth-order valence-electron chi connectivity index (χ4n) is 2.70. The average molecular weight is 293 g/mol. The molecule has 2 rings (SSSR count). The van der Waals surface area contributed by atoms with Gasteiger partial charge in [-0.25, -0.2) is 0 Å². The van der Waals surface area contributed by atoms with Crippen LogP contribution in [0.3, 0.4) is 0 Å². The largest absolute Gasteiger partial charge is 0.385 e. The Kier molecular flexibility index (Phi) is 4.67. The third-order valence-electron chi connectivity index (χ3n) is 3.58. The molecule has 0 radical (unpaired) electrons. The molecule has 1 aromatic rings. The number of nitrogens with zero attached hydrogens (tertiary/aromatic N) is 1. The highest BCUT2D eigenvalue weighted by molar-refractivity contribution is 5.63. The summed E-state index contributed by atoms with van der Waals surface area (Å²) >= 11 is 0. The molecular weight excluding hydrogens is 270 g/mol. The molecule has 1 aliphatic rings. The van der Waals surface area contributed by atoms with Crippen molar-refractivity contribution in [2.75, 3.05) is 23.8 Å². The lowest BCUT2D eigenvalue weighted by molar-refractivity contribution is -0.384. The molecule has 6 nitrogen and oxygen atoms in total. The number of hydrogen-bond donors (Lipinski definition) is 2. The van der Waals surface area contributed by atoms with Crippen LogP contribution in [0.4, 0.5) is 17.1 Å². The number of nitro benzene ring substituents is 1. The summed E-state index contributed by atoms with van der Waals surface area (Å²) < 4.78 is 5.70. The van der Waals surface area contributed by atoms with Crippen molar-refractivity contribution in [2.45, 2.75) is 45.3 Å². The lowest BCUT2D eigenvalue weighted by Gasteiger charge is -2.36. The predicted molar refractivity (Wildman–Crippen MR) is 83.9 cm³/mol. The Morgan fingerprint density at radius 3 is 2.71 bits per heavy atom. The molecule has 2 N–H and O–H groups in total. The van der Waals surface area contributed by atoms with E-state index in [1.165, 1.54) is 0 Å². The van der Waals surface area contributed by atoms with E-state index in [9.17, 15) is 10.1 Å². The topological polar surface area (TPSA) is 76.4 Å². The van der Waals surface area contributed by atoms with Crippen LogP contribution in [-0.4, -0.2) is 29.7 Å². The average Bonchev–Trinajstić information content (AvgIpc) is 2.37. The fourth-order valence-corrected chi connectivity index (χ4v) is 2.70. The van der Waals surface area contributed by atoms with Crippen molar-refractivity contribution in [3.63, 3.8) is 0 Å². The van der Waals surface area contributed by atoms with Gasteiger partial charge in [0.1, 0.15) is 0 Å². The van der Waals surface area contributed by atoms with Gasteiger partial charge in [0.15, 0.2) is 0 Å². The van der Waals surface area contributed by atoms with Gasteiger partial charge < -0.3 is 15.4 Å². The van der Waals surface area contributed by atoms with Crippen LogP contribution >= 0.6 is 0 Å². The van der Waals surface area contributed by atoms with Crippen LogP contribution in [0, 0.1) is 10.1 Å². The van der Waals surface area contributed by atoms with E-state index in [-0.39, 0.29) is 22.3 Å². The van der Waals surface area contributed by atoms with Gasteiger partial charge in [-0.2, -0.15) is 0 Å². The zero-order chi connectivity index (χ0) is 15.5. The summed E-state index contributed by atoms with van der Waals surface area (Å²) in [5, 5.41) is 17.6. The van der Waals surface area contributed by atoms with E-state index in [0.717, 1.165) is 30.8 Å². The lowest BCUT2D eigenvalue weighted by atomic mass is 9.94. The molecule has 0 aliphatic carbocycles. The molecule has 1 atom stereocenters. The van der Waals surface area contributed by atoms with Crippen LogP contribution in [0.5, 0.6) is 0 Å². The molecule has 0 aromatic heterocycles. The Bertz CT molecular complexity index is 517. The van der Waals surface area contributed by atoms with Crippen LogP contribution in [0.2, 0.25) is 0 Å². The van der Waals surface area contributed by atoms with Crippen molar-refractivity contribution in [3.05, 3.63) is 28.3 Å². The van der Waals surface area contributed by atoms with Gasteiger partial charge in [0, 0.05) is 42.7 Å². The van der Waals surface area contributed by atoms with Crippen LogP contribution in [0.1, 0.15) is 33.6 Å². The highest BCUT2D eigenvalue weighted by Gasteiger charge is 2.28. The number of anilines is 2. The van der Waals surface area contributed by atoms with Crippen LogP contribution in [0.25, 0.3) is 0 Å². The van der Waals surface area contributed by atoms with Crippen molar-refractivity contribution in [1.82, 2.24) is 0 Å². The first-order valence-electron chi connectivity index (χ1n) is 7.33. The van der Waals surface area contributed by atoms with E-state index in [4.69, 9.17) is 4.74 Å². The highest BCUT2D eigenvalue weighted by atomic mass is 16.6. The first kappa shape index (κ1) is 15.6. The van der Waals surface area contributed by atoms with Gasteiger partial charge in [-0.05, 0) is 39.7 Å². The second kappa shape index (κ2) is 6.30. The van der Waals surface area contributed by atoms with Crippen molar-refractivity contribution in [3.8, 4) is 0 Å². The molecule has 1 saturated heterocycles. The zero-order valence-corrected chi connectivity index (χ0v) is 12.8. The van der Waals surface area contributed by atoms with Crippen LogP contribution in [0.15, 0.2) is 18.2 Å². The molecular formula is C15H23N3O3. The molecule has 0 bridgehead atoms. The number of rotatable bonds is 5. The van der Waals surface area contributed by atoms with Crippen molar-refractivity contribution in [2.24, 2.45) is 0 Å². The molecule has 0 saturated carbocycles. The number of nitro groups is 1. The van der Waals surface area contributed by atoms with Crippen LogP contribution in [-0.2, 0) is 4.74 Å². The number of benzene rings is 1. The summed E-state index contributed by atoms with van der Waals surface area (Å²) in [7, 11) is 0. The summed E-state index contributed by atoms with van der Waals surface area (Å²) in [6.45, 7) is 7.54. The number of ether oxygens (including phenoxy) is 1. The first-order valence-corrected chi connectivity index (χ1v) is 7.33. The Hall–Kier alpha value is -1.82. The molecule has 1 aromatic carbocycles. The molecule has 0 spiro atoms. The van der Waals surface area contributed by atoms with E-state index in [1.807, 2.05) is 13.0 Å². The minimum Gasteiger partial charge on any atom is -0.385 e. The smallest absolute Gasteiger partial charge is 0.273 e. The molecule has 21 heavy (non-hydrogen) atoms. The van der Waals surface area contributed by atoms with E-state index in [0.29, 0.717) is 6.61 Å². The van der Waals surface area contributed by atoms with Gasteiger partial charge >= 0.3 is 0 Å². The zero-order valence-electron chi connectivity index (χ0n) is 12.8. The third-order valence-corrected chi connectivity index (χ3v) is 3.58. The quantitative estimate of drug-likeness (QED) is 0.642. The van der Waals surface area contributed by atoms with Crippen molar-refractivity contribution in [1.29, 1.82) is 0 Å². The van der Waals surface area contributed by atoms with E-state index in [2.05, 4.69) is 24.5 Å². The Balaban J connectivity index is 2.16. The maximum atomic E-state index is 11.0. The predicted octanol–water partition coefficient (Wildman–Crippen LogP) is 3.40. The van der Waals surface area contributed by atoms with Gasteiger partial charge in [-0.15, -0.1) is 0 Å². The van der Waals surface area contributed by atoms with Gasteiger partial charge in [0.2, 0.25) is 0 Å². The highest BCUT2D eigenvalue weighted by Crippen LogP contribution is 2.29. The second-order valence-electron chi connectivity index (χ2n) is 6.00. The van der Waals surface area contributed by atoms with E-state index >= 15 is 0 Å². The molecule has 116 valence electrons. The van der Waals surface area contributed by atoms with Crippen LogP contribution < -0.4 is 10.6 Å². The van der Waals surface area contributed by atoms with Crippen molar-refractivity contribution >= 4 is 17.1 Å². The number of hydrogen-bond acceptors (Lipinski definition) is 5.